The van der Waals surface area contributed by atoms with Crippen molar-refractivity contribution in [3.8, 4) is 0 Å². The highest BCUT2D eigenvalue weighted by molar-refractivity contribution is 7.92. The van der Waals surface area contributed by atoms with Gasteiger partial charge in [-0.3, -0.25) is 0 Å². The molecule has 1 atom stereocenters. The summed E-state index contributed by atoms with van der Waals surface area (Å²) in [5.74, 6) is 0. The number of hydrogen-bond donors (Lipinski definition) is 1. The van der Waals surface area contributed by atoms with E-state index in [1.807, 2.05) is 0 Å². The Morgan fingerprint density at radius 1 is 1.31 bits per heavy atom. The second kappa shape index (κ2) is 3.89. The van der Waals surface area contributed by atoms with Crippen LogP contribution in [-0.2, 0) is 9.84 Å². The Balaban J connectivity index is 3.09. The third-order valence-electron chi connectivity index (χ3n) is 1.87. The molecule has 0 bridgehead atoms. The zero-order valence-corrected chi connectivity index (χ0v) is 8.29. The van der Waals surface area contributed by atoms with Crippen LogP contribution in [0.2, 0.25) is 0 Å². The van der Waals surface area contributed by atoms with Gasteiger partial charge in [-0.1, -0.05) is 25.1 Å². The molecule has 0 fully saturated rings. The lowest BCUT2D eigenvalue weighted by Crippen LogP contribution is -2.29. The maximum Gasteiger partial charge on any atom is 0.193 e. The van der Waals surface area contributed by atoms with Gasteiger partial charge in [-0.05, 0) is 18.6 Å². The molecule has 0 radical (unpaired) electrons. The van der Waals surface area contributed by atoms with Crippen LogP contribution >= 0.6 is 0 Å². The molecular formula is C9H13NO2S. The third kappa shape index (κ3) is 2.08. The monoisotopic (exact) mass is 199 g/mol. The second-order valence-corrected chi connectivity index (χ2v) is 4.97. The molecule has 13 heavy (non-hydrogen) atoms. The largest absolute Gasteiger partial charge is 0.315 e. The van der Waals surface area contributed by atoms with Crippen molar-refractivity contribution in [2.75, 3.05) is 0 Å². The van der Waals surface area contributed by atoms with Crippen LogP contribution in [0.4, 0.5) is 0 Å². The SMILES string of the molecule is CCC(N)S(=O)(=O)c1ccccc1. The molecule has 0 aliphatic rings. The maximum absolute atomic E-state index is 11.6. The average molecular weight is 199 g/mol. The molecule has 1 aromatic carbocycles. The molecule has 1 rings (SSSR count). The fraction of sp³-hybridized carbons (Fsp3) is 0.333. The minimum atomic E-state index is -3.31. The van der Waals surface area contributed by atoms with Gasteiger partial charge in [0.1, 0.15) is 5.37 Å². The van der Waals surface area contributed by atoms with Crippen molar-refractivity contribution in [1.82, 2.24) is 0 Å². The number of rotatable bonds is 3. The Kier molecular flexibility index (Phi) is 3.06. The van der Waals surface area contributed by atoms with Crippen LogP contribution in [0.15, 0.2) is 35.2 Å². The van der Waals surface area contributed by atoms with E-state index in [4.69, 9.17) is 5.73 Å². The summed E-state index contributed by atoms with van der Waals surface area (Å²) in [6.45, 7) is 1.76. The van der Waals surface area contributed by atoms with Crippen molar-refractivity contribution in [1.29, 1.82) is 0 Å². The van der Waals surface area contributed by atoms with Gasteiger partial charge in [0.25, 0.3) is 0 Å². The minimum Gasteiger partial charge on any atom is -0.315 e. The van der Waals surface area contributed by atoms with Crippen LogP contribution in [0.5, 0.6) is 0 Å². The molecule has 72 valence electrons. The van der Waals surface area contributed by atoms with Crippen molar-refractivity contribution < 1.29 is 8.42 Å². The predicted octanol–water partition coefficient (Wildman–Crippen LogP) is 1.16. The maximum atomic E-state index is 11.6. The van der Waals surface area contributed by atoms with E-state index in [9.17, 15) is 8.42 Å². The number of nitrogens with two attached hydrogens (primary N) is 1. The van der Waals surface area contributed by atoms with Gasteiger partial charge in [-0.25, -0.2) is 8.42 Å². The van der Waals surface area contributed by atoms with Crippen LogP contribution in [0, 0.1) is 0 Å². The van der Waals surface area contributed by atoms with E-state index >= 15 is 0 Å². The molecule has 0 aliphatic carbocycles. The standard InChI is InChI=1S/C9H13NO2S/c1-2-9(10)13(11,12)8-6-4-3-5-7-8/h3-7,9H,2,10H2,1H3. The highest BCUT2D eigenvalue weighted by Gasteiger charge is 2.21. The van der Waals surface area contributed by atoms with E-state index < -0.39 is 15.2 Å². The lowest BCUT2D eigenvalue weighted by Gasteiger charge is -2.09. The van der Waals surface area contributed by atoms with Crippen LogP contribution in [0.3, 0.4) is 0 Å². The smallest absolute Gasteiger partial charge is 0.193 e. The topological polar surface area (TPSA) is 60.2 Å². The summed E-state index contributed by atoms with van der Waals surface area (Å²) in [7, 11) is -3.31. The van der Waals surface area contributed by atoms with E-state index in [0.717, 1.165) is 0 Å². The molecule has 1 unspecified atom stereocenters. The lowest BCUT2D eigenvalue weighted by atomic mass is 10.4. The van der Waals surface area contributed by atoms with Gasteiger partial charge in [-0.2, -0.15) is 0 Å². The fourth-order valence-electron chi connectivity index (χ4n) is 1.00. The highest BCUT2D eigenvalue weighted by Crippen LogP contribution is 2.14. The first kappa shape index (κ1) is 10.2. The Bertz CT molecular complexity index is 358. The summed E-state index contributed by atoms with van der Waals surface area (Å²) in [5, 5.41) is -0.796. The van der Waals surface area contributed by atoms with E-state index in [0.29, 0.717) is 11.3 Å². The molecule has 0 heterocycles. The van der Waals surface area contributed by atoms with E-state index in [1.165, 1.54) is 0 Å². The summed E-state index contributed by atoms with van der Waals surface area (Å²) >= 11 is 0. The van der Waals surface area contributed by atoms with Gasteiger partial charge in [0.05, 0.1) is 4.90 Å². The van der Waals surface area contributed by atoms with Crippen molar-refractivity contribution in [3.63, 3.8) is 0 Å². The van der Waals surface area contributed by atoms with Crippen molar-refractivity contribution >= 4 is 9.84 Å². The Hall–Kier alpha value is -0.870. The summed E-state index contributed by atoms with van der Waals surface area (Å²) < 4.78 is 23.3. The van der Waals surface area contributed by atoms with Gasteiger partial charge < -0.3 is 5.73 Å². The molecule has 0 saturated carbocycles. The molecule has 4 heteroatoms. The summed E-state index contributed by atoms with van der Waals surface area (Å²) in [4.78, 5) is 0.296. The Labute approximate surface area is 78.5 Å². The second-order valence-electron chi connectivity index (χ2n) is 2.80. The van der Waals surface area contributed by atoms with Crippen molar-refractivity contribution in [2.45, 2.75) is 23.6 Å². The first-order chi connectivity index (χ1) is 6.09. The summed E-state index contributed by atoms with van der Waals surface area (Å²) in [5.41, 5.74) is 5.49. The van der Waals surface area contributed by atoms with Crippen molar-refractivity contribution in [2.24, 2.45) is 5.73 Å². The Morgan fingerprint density at radius 3 is 2.31 bits per heavy atom. The number of sulfone groups is 1. The molecule has 0 aliphatic heterocycles. The van der Waals surface area contributed by atoms with Crippen LogP contribution in [0.25, 0.3) is 0 Å². The molecular weight excluding hydrogens is 186 g/mol. The first-order valence-electron chi connectivity index (χ1n) is 4.13. The van der Waals surface area contributed by atoms with Crippen molar-refractivity contribution in [3.05, 3.63) is 30.3 Å². The van der Waals surface area contributed by atoms with Gasteiger partial charge in [0.2, 0.25) is 0 Å². The molecule has 2 N–H and O–H groups in total. The molecule has 0 spiro atoms. The van der Waals surface area contributed by atoms with Crippen LogP contribution < -0.4 is 5.73 Å². The van der Waals surface area contributed by atoms with Gasteiger partial charge >= 0.3 is 0 Å². The molecule has 0 aromatic heterocycles. The highest BCUT2D eigenvalue weighted by atomic mass is 32.2. The zero-order valence-electron chi connectivity index (χ0n) is 7.47. The van der Waals surface area contributed by atoms with Crippen LogP contribution in [-0.4, -0.2) is 13.8 Å². The van der Waals surface area contributed by atoms with Gasteiger partial charge in [0, 0.05) is 0 Å². The number of hydrogen-bond acceptors (Lipinski definition) is 3. The predicted molar refractivity (Wildman–Crippen MR) is 51.9 cm³/mol. The molecule has 3 nitrogen and oxygen atoms in total. The van der Waals surface area contributed by atoms with Crippen LogP contribution in [0.1, 0.15) is 13.3 Å². The van der Waals surface area contributed by atoms with Gasteiger partial charge in [0.15, 0.2) is 9.84 Å². The summed E-state index contributed by atoms with van der Waals surface area (Å²) in [6.07, 6.45) is 0.428. The summed E-state index contributed by atoms with van der Waals surface area (Å²) in [6, 6.07) is 8.27. The first-order valence-corrected chi connectivity index (χ1v) is 5.68. The molecule has 0 saturated heterocycles. The molecule has 1 aromatic rings. The lowest BCUT2D eigenvalue weighted by molar-refractivity contribution is 0.578. The Morgan fingerprint density at radius 2 is 1.85 bits per heavy atom. The average Bonchev–Trinajstić information content (AvgIpc) is 2.18. The minimum absolute atomic E-state index is 0.296. The van der Waals surface area contributed by atoms with E-state index in [-0.39, 0.29) is 0 Å². The fourth-order valence-corrected chi connectivity index (χ4v) is 2.33. The number of benzene rings is 1. The normalized spacial score (nSPS) is 14.0. The van der Waals surface area contributed by atoms with E-state index in [1.54, 1.807) is 37.3 Å². The van der Waals surface area contributed by atoms with Gasteiger partial charge in [-0.15, -0.1) is 0 Å². The van der Waals surface area contributed by atoms with E-state index in [2.05, 4.69) is 0 Å². The molecule has 0 amide bonds. The zero-order chi connectivity index (χ0) is 9.90. The third-order valence-corrected chi connectivity index (χ3v) is 3.93. The quantitative estimate of drug-likeness (QED) is 0.794.